The number of Topliss-reactive ketones (excluding diaryl/α,β-unsaturated/α-hetero) is 1. The van der Waals surface area contributed by atoms with Gasteiger partial charge in [-0.2, -0.15) is 0 Å². The standard InChI is InChI=1S/C21H24FNO5S/c1-21(2,3)16-7-9-18(10-8-16)29(26,27)23-12-11-20(25)28-14-19(24)15-5-4-6-17(22)13-15/h4-10,13,23H,11-12,14H2,1-3H3. The van der Waals surface area contributed by atoms with E-state index in [9.17, 15) is 22.4 Å². The topological polar surface area (TPSA) is 89.5 Å². The molecule has 29 heavy (non-hydrogen) atoms. The molecule has 8 heteroatoms. The number of benzene rings is 2. The Labute approximate surface area is 170 Å². The van der Waals surface area contributed by atoms with E-state index < -0.39 is 34.2 Å². The zero-order valence-corrected chi connectivity index (χ0v) is 17.4. The van der Waals surface area contributed by atoms with Crippen LogP contribution in [0.5, 0.6) is 0 Å². The highest BCUT2D eigenvalue weighted by Gasteiger charge is 2.18. The molecule has 0 radical (unpaired) electrons. The van der Waals surface area contributed by atoms with Crippen molar-refractivity contribution in [2.75, 3.05) is 13.2 Å². The van der Waals surface area contributed by atoms with Crippen LogP contribution in [0.3, 0.4) is 0 Å². The maximum Gasteiger partial charge on any atom is 0.307 e. The highest BCUT2D eigenvalue weighted by molar-refractivity contribution is 7.89. The molecule has 1 N–H and O–H groups in total. The normalized spacial score (nSPS) is 11.9. The third kappa shape index (κ3) is 6.76. The number of halogens is 1. The van der Waals surface area contributed by atoms with E-state index in [2.05, 4.69) is 4.72 Å². The van der Waals surface area contributed by atoms with Crippen LogP contribution >= 0.6 is 0 Å². The lowest BCUT2D eigenvalue weighted by atomic mass is 9.87. The number of hydrogen-bond acceptors (Lipinski definition) is 5. The maximum atomic E-state index is 13.1. The second kappa shape index (κ2) is 9.28. The van der Waals surface area contributed by atoms with Gasteiger partial charge in [-0.3, -0.25) is 9.59 Å². The highest BCUT2D eigenvalue weighted by atomic mass is 32.2. The summed E-state index contributed by atoms with van der Waals surface area (Å²) in [6.45, 7) is 5.37. The number of nitrogens with one attached hydrogen (secondary N) is 1. The average molecular weight is 421 g/mol. The van der Waals surface area contributed by atoms with Crippen LogP contribution in [0.25, 0.3) is 0 Å². The van der Waals surface area contributed by atoms with Crippen molar-refractivity contribution in [1.29, 1.82) is 0 Å². The SMILES string of the molecule is CC(C)(C)c1ccc(S(=O)(=O)NCCC(=O)OCC(=O)c2cccc(F)c2)cc1. The van der Waals surface area contributed by atoms with Crippen LogP contribution in [0, 0.1) is 5.82 Å². The molecule has 156 valence electrons. The van der Waals surface area contributed by atoms with Crippen LogP contribution in [0.2, 0.25) is 0 Å². The number of rotatable bonds is 8. The number of hydrogen-bond donors (Lipinski definition) is 1. The zero-order valence-electron chi connectivity index (χ0n) is 16.6. The molecule has 2 aromatic carbocycles. The van der Waals surface area contributed by atoms with E-state index in [1.807, 2.05) is 20.8 Å². The highest BCUT2D eigenvalue weighted by Crippen LogP contribution is 2.23. The molecule has 0 spiro atoms. The van der Waals surface area contributed by atoms with E-state index in [0.29, 0.717) is 0 Å². The first-order valence-electron chi connectivity index (χ1n) is 9.04. The van der Waals surface area contributed by atoms with Gasteiger partial charge >= 0.3 is 5.97 Å². The largest absolute Gasteiger partial charge is 0.457 e. The van der Waals surface area contributed by atoms with Gasteiger partial charge in [-0.1, -0.05) is 45.0 Å². The third-order valence-corrected chi connectivity index (χ3v) is 5.64. The molecule has 0 fully saturated rings. The van der Waals surface area contributed by atoms with Crippen LogP contribution in [-0.4, -0.2) is 33.3 Å². The van der Waals surface area contributed by atoms with Gasteiger partial charge in [0.05, 0.1) is 11.3 Å². The fourth-order valence-electron chi connectivity index (χ4n) is 2.47. The molecule has 2 rings (SSSR count). The molecule has 0 aliphatic rings. The second-order valence-corrected chi connectivity index (χ2v) is 9.28. The van der Waals surface area contributed by atoms with Crippen LogP contribution < -0.4 is 4.72 Å². The van der Waals surface area contributed by atoms with Gasteiger partial charge < -0.3 is 4.74 Å². The lowest BCUT2D eigenvalue weighted by Gasteiger charge is -2.19. The van der Waals surface area contributed by atoms with Crippen molar-refractivity contribution in [3.8, 4) is 0 Å². The Kier molecular flexibility index (Phi) is 7.26. The van der Waals surface area contributed by atoms with Crippen LogP contribution in [0.15, 0.2) is 53.4 Å². The monoisotopic (exact) mass is 421 g/mol. The van der Waals surface area contributed by atoms with E-state index in [0.717, 1.165) is 11.6 Å². The van der Waals surface area contributed by atoms with E-state index in [-0.39, 0.29) is 28.8 Å². The zero-order chi connectivity index (χ0) is 21.7. The van der Waals surface area contributed by atoms with Gasteiger partial charge in [0.15, 0.2) is 12.4 Å². The van der Waals surface area contributed by atoms with Crippen molar-refractivity contribution in [3.05, 3.63) is 65.5 Å². The van der Waals surface area contributed by atoms with Crippen molar-refractivity contribution < 1.29 is 27.1 Å². The summed E-state index contributed by atoms with van der Waals surface area (Å²) >= 11 is 0. The van der Waals surface area contributed by atoms with Crippen LogP contribution in [0.4, 0.5) is 4.39 Å². The maximum absolute atomic E-state index is 13.1. The Morgan fingerprint density at radius 3 is 2.31 bits per heavy atom. The second-order valence-electron chi connectivity index (χ2n) is 7.52. The van der Waals surface area contributed by atoms with Gasteiger partial charge in [0.2, 0.25) is 10.0 Å². The lowest BCUT2D eigenvalue weighted by Crippen LogP contribution is -2.27. The Hall–Kier alpha value is -2.58. The first kappa shape index (κ1) is 22.7. The first-order valence-corrected chi connectivity index (χ1v) is 10.5. The molecule has 0 bridgehead atoms. The summed E-state index contributed by atoms with van der Waals surface area (Å²) in [4.78, 5) is 23.7. The summed E-state index contributed by atoms with van der Waals surface area (Å²) in [5, 5.41) is 0. The molecular formula is C21H24FNO5S. The molecule has 0 saturated carbocycles. The molecule has 0 atom stereocenters. The number of carbonyl (C=O) groups excluding carboxylic acids is 2. The minimum atomic E-state index is -3.76. The van der Waals surface area contributed by atoms with E-state index in [4.69, 9.17) is 4.74 Å². The molecule has 2 aromatic rings. The van der Waals surface area contributed by atoms with E-state index >= 15 is 0 Å². The summed E-state index contributed by atoms with van der Waals surface area (Å²) < 4.78 is 44.9. The van der Waals surface area contributed by atoms with Gasteiger partial charge in [0, 0.05) is 12.1 Å². The third-order valence-electron chi connectivity index (χ3n) is 4.16. The van der Waals surface area contributed by atoms with Crippen molar-refractivity contribution in [3.63, 3.8) is 0 Å². The Morgan fingerprint density at radius 1 is 1.07 bits per heavy atom. The fourth-order valence-corrected chi connectivity index (χ4v) is 3.50. The summed E-state index contributed by atoms with van der Waals surface area (Å²) in [6, 6.07) is 11.6. The van der Waals surface area contributed by atoms with Crippen molar-refractivity contribution in [2.45, 2.75) is 37.5 Å². The molecule has 0 amide bonds. The molecule has 0 saturated heterocycles. The van der Waals surface area contributed by atoms with Crippen molar-refractivity contribution in [2.24, 2.45) is 0 Å². The first-order chi connectivity index (χ1) is 13.5. The molecule has 0 aliphatic carbocycles. The summed E-state index contributed by atoms with van der Waals surface area (Å²) in [5.74, 6) is -1.84. The Morgan fingerprint density at radius 2 is 1.72 bits per heavy atom. The number of sulfonamides is 1. The van der Waals surface area contributed by atoms with E-state index in [1.54, 1.807) is 12.1 Å². The van der Waals surface area contributed by atoms with Crippen LogP contribution in [-0.2, 0) is 25.0 Å². The predicted octanol–water partition coefficient (Wildman–Crippen LogP) is 3.22. The predicted molar refractivity (Wildman–Crippen MR) is 107 cm³/mol. The summed E-state index contributed by atoms with van der Waals surface area (Å²) in [5.41, 5.74) is 1.00. The molecule has 0 heterocycles. The number of ketones is 1. The number of carbonyl (C=O) groups is 2. The minimum Gasteiger partial charge on any atom is -0.457 e. The van der Waals surface area contributed by atoms with Crippen molar-refractivity contribution in [1.82, 2.24) is 4.72 Å². The fraction of sp³-hybridized carbons (Fsp3) is 0.333. The lowest BCUT2D eigenvalue weighted by molar-refractivity contribution is -0.142. The average Bonchev–Trinajstić information content (AvgIpc) is 2.65. The molecule has 0 aromatic heterocycles. The molecular weight excluding hydrogens is 397 g/mol. The van der Waals surface area contributed by atoms with Gasteiger partial charge in [0.25, 0.3) is 0 Å². The van der Waals surface area contributed by atoms with E-state index in [1.165, 1.54) is 30.3 Å². The summed E-state index contributed by atoms with van der Waals surface area (Å²) in [6.07, 6.45) is -0.240. The van der Waals surface area contributed by atoms with Gasteiger partial charge in [-0.05, 0) is 35.2 Å². The smallest absolute Gasteiger partial charge is 0.307 e. The Balaban J connectivity index is 1.82. The summed E-state index contributed by atoms with van der Waals surface area (Å²) in [7, 11) is -3.76. The number of esters is 1. The Bertz CT molecular complexity index is 979. The van der Waals surface area contributed by atoms with Crippen molar-refractivity contribution >= 4 is 21.8 Å². The van der Waals surface area contributed by atoms with Crippen LogP contribution in [0.1, 0.15) is 43.1 Å². The molecule has 0 aliphatic heterocycles. The molecule has 6 nitrogen and oxygen atoms in total. The quantitative estimate of drug-likeness (QED) is 0.522. The van der Waals surface area contributed by atoms with Gasteiger partial charge in [-0.15, -0.1) is 0 Å². The minimum absolute atomic E-state index is 0.0946. The number of ether oxygens (including phenoxy) is 1. The molecule has 0 unspecified atom stereocenters. The van der Waals surface area contributed by atoms with Gasteiger partial charge in [-0.25, -0.2) is 17.5 Å². The van der Waals surface area contributed by atoms with Gasteiger partial charge in [0.1, 0.15) is 5.82 Å².